The molecule has 0 radical (unpaired) electrons. The highest BCUT2D eigenvalue weighted by Gasteiger charge is 2.60. The lowest BCUT2D eigenvalue weighted by atomic mass is 9.89. The summed E-state index contributed by atoms with van der Waals surface area (Å²) >= 11 is 0. The van der Waals surface area contributed by atoms with Crippen LogP contribution in [0.25, 0.3) is 11.3 Å². The van der Waals surface area contributed by atoms with Crippen LogP contribution in [-0.4, -0.2) is 56.9 Å². The number of alkyl halides is 6. The number of carboxylic acids is 1. The first-order valence-electron chi connectivity index (χ1n) is 9.66. The summed E-state index contributed by atoms with van der Waals surface area (Å²) in [6.45, 7) is 1.58. The maximum atomic E-state index is 13.4. The number of aliphatic carboxylic acids is 1. The van der Waals surface area contributed by atoms with Gasteiger partial charge in [-0.15, -0.1) is 0 Å². The van der Waals surface area contributed by atoms with Crippen molar-refractivity contribution in [3.05, 3.63) is 41.2 Å². The molecule has 0 saturated carbocycles. The van der Waals surface area contributed by atoms with E-state index < -0.39 is 41.3 Å². The zero-order valence-corrected chi connectivity index (χ0v) is 18.6. The van der Waals surface area contributed by atoms with Crippen molar-refractivity contribution in [2.75, 3.05) is 12.3 Å². The number of primary amides is 1. The second-order valence-corrected chi connectivity index (χ2v) is 7.06. The highest BCUT2D eigenvalue weighted by Crippen LogP contribution is 2.40. The molecule has 1 aromatic carbocycles. The standard InChI is InChI=1S/C18H17F3N6O3.C2HF3O2/c1-9-3-4-10(17(30,16(24)29)18(19,20)21)7-11(9)12-8-26-14(23)13(27-12)15(28)25-6-2-5-22;3-2(4,5)1(6)7/h3-4,7-8,30H,2,6H2,1H3,(H2,23,26)(H2,24,29)(H,25,28);(H,6,7). The Morgan fingerprint density at radius 3 is 2.19 bits per heavy atom. The van der Waals surface area contributed by atoms with E-state index in [1.807, 2.05) is 6.07 Å². The predicted molar refractivity (Wildman–Crippen MR) is 112 cm³/mol. The predicted octanol–water partition coefficient (Wildman–Crippen LogP) is 1.55. The van der Waals surface area contributed by atoms with Gasteiger partial charge in [0.2, 0.25) is 0 Å². The molecule has 0 saturated heterocycles. The summed E-state index contributed by atoms with van der Waals surface area (Å²) in [5.41, 5.74) is 5.91. The number of carboxylic acid groups (broad SMARTS) is 1. The number of aliphatic hydroxyl groups is 1. The number of nitriles is 1. The van der Waals surface area contributed by atoms with Crippen LogP contribution >= 0.6 is 0 Å². The van der Waals surface area contributed by atoms with Crippen LogP contribution in [0.5, 0.6) is 0 Å². The van der Waals surface area contributed by atoms with Gasteiger partial charge in [-0.05, 0) is 18.6 Å². The minimum atomic E-state index is -5.37. The number of aromatic nitrogens is 2. The first-order chi connectivity index (χ1) is 16.9. The molecule has 1 unspecified atom stereocenters. The maximum Gasteiger partial charge on any atom is 0.490 e. The number of rotatable bonds is 6. The van der Waals surface area contributed by atoms with Gasteiger partial charge < -0.3 is 27.0 Å². The van der Waals surface area contributed by atoms with Gasteiger partial charge in [0.15, 0.2) is 11.5 Å². The smallest absolute Gasteiger partial charge is 0.475 e. The van der Waals surface area contributed by atoms with Crippen molar-refractivity contribution in [3.8, 4) is 17.3 Å². The molecule has 0 aliphatic heterocycles. The average molecular weight is 536 g/mol. The number of hydrogen-bond donors (Lipinski definition) is 5. The molecule has 37 heavy (non-hydrogen) atoms. The number of benzene rings is 1. The van der Waals surface area contributed by atoms with Crippen molar-refractivity contribution in [2.45, 2.75) is 31.3 Å². The maximum absolute atomic E-state index is 13.4. The topological polar surface area (TPSA) is 205 Å². The van der Waals surface area contributed by atoms with Crippen LogP contribution in [-0.2, 0) is 15.2 Å². The van der Waals surface area contributed by atoms with E-state index in [1.54, 1.807) is 6.92 Å². The first kappa shape index (κ1) is 30.6. The van der Waals surface area contributed by atoms with Crippen LogP contribution in [0.2, 0.25) is 0 Å². The number of nitrogens with two attached hydrogens (primary N) is 2. The number of carbonyl (C=O) groups is 3. The van der Waals surface area contributed by atoms with Gasteiger partial charge >= 0.3 is 18.3 Å². The van der Waals surface area contributed by atoms with E-state index in [0.717, 1.165) is 18.3 Å². The molecular formula is C20H18F6N6O5. The molecule has 1 atom stereocenters. The second-order valence-electron chi connectivity index (χ2n) is 7.06. The molecule has 0 fully saturated rings. The Morgan fingerprint density at radius 2 is 1.73 bits per heavy atom. The molecule has 7 N–H and O–H groups in total. The number of hydrogen-bond acceptors (Lipinski definition) is 8. The summed E-state index contributed by atoms with van der Waals surface area (Å²) in [7, 11) is 0. The van der Waals surface area contributed by atoms with Crippen molar-refractivity contribution in [1.82, 2.24) is 15.3 Å². The average Bonchev–Trinajstić information content (AvgIpc) is 2.78. The molecule has 200 valence electrons. The van der Waals surface area contributed by atoms with Crippen molar-refractivity contribution in [2.24, 2.45) is 5.73 Å². The molecule has 17 heteroatoms. The number of aryl methyl sites for hydroxylation is 1. The Balaban J connectivity index is 0.000000856. The Kier molecular flexibility index (Phi) is 9.52. The fourth-order valence-electron chi connectivity index (χ4n) is 2.58. The van der Waals surface area contributed by atoms with E-state index in [2.05, 4.69) is 15.3 Å². The van der Waals surface area contributed by atoms with E-state index in [4.69, 9.17) is 26.6 Å². The van der Waals surface area contributed by atoms with Crippen LogP contribution < -0.4 is 16.8 Å². The van der Waals surface area contributed by atoms with Crippen LogP contribution in [0.15, 0.2) is 24.4 Å². The molecule has 2 rings (SSSR count). The number of halogens is 6. The number of nitrogens with zero attached hydrogens (tertiary/aromatic N) is 3. The monoisotopic (exact) mass is 536 g/mol. The summed E-state index contributed by atoms with van der Waals surface area (Å²) in [5, 5.41) is 28.1. The summed E-state index contributed by atoms with van der Waals surface area (Å²) in [5.74, 6) is -5.71. The third-order valence-electron chi connectivity index (χ3n) is 4.48. The number of nitrogens with one attached hydrogen (secondary N) is 1. The van der Waals surface area contributed by atoms with Gasteiger partial charge in [-0.25, -0.2) is 14.8 Å². The van der Waals surface area contributed by atoms with Gasteiger partial charge in [-0.1, -0.05) is 12.1 Å². The van der Waals surface area contributed by atoms with E-state index in [1.165, 1.54) is 6.07 Å². The van der Waals surface area contributed by atoms with Crippen molar-refractivity contribution < 1.29 is 50.9 Å². The summed E-state index contributed by atoms with van der Waals surface area (Å²) in [6.07, 6.45) is -9.28. The zero-order valence-electron chi connectivity index (χ0n) is 18.6. The normalized spacial score (nSPS) is 12.8. The molecule has 0 aliphatic rings. The zero-order chi connectivity index (χ0) is 28.8. The van der Waals surface area contributed by atoms with Crippen molar-refractivity contribution in [1.29, 1.82) is 5.26 Å². The minimum absolute atomic E-state index is 0.0250. The first-order valence-corrected chi connectivity index (χ1v) is 9.66. The number of anilines is 1. The van der Waals surface area contributed by atoms with Crippen LogP contribution in [0.1, 0.15) is 28.0 Å². The van der Waals surface area contributed by atoms with E-state index in [0.29, 0.717) is 5.56 Å². The molecule has 0 spiro atoms. The van der Waals surface area contributed by atoms with Gasteiger partial charge in [0.05, 0.1) is 24.4 Å². The lowest BCUT2D eigenvalue weighted by molar-refractivity contribution is -0.255. The highest BCUT2D eigenvalue weighted by atomic mass is 19.4. The Bertz CT molecular complexity index is 1230. The minimum Gasteiger partial charge on any atom is -0.475 e. The molecule has 1 aromatic heterocycles. The second kappa shape index (κ2) is 11.5. The van der Waals surface area contributed by atoms with Crippen molar-refractivity contribution >= 4 is 23.6 Å². The lowest BCUT2D eigenvalue weighted by Gasteiger charge is -2.28. The van der Waals surface area contributed by atoms with Crippen LogP contribution in [0, 0.1) is 18.3 Å². The SMILES string of the molecule is Cc1ccc(C(O)(C(N)=O)C(F)(F)F)cc1-c1cnc(N)c(C(=O)NCCC#N)n1.O=C(O)C(F)(F)F. The molecule has 2 amide bonds. The van der Waals surface area contributed by atoms with Crippen LogP contribution in [0.3, 0.4) is 0 Å². The summed E-state index contributed by atoms with van der Waals surface area (Å²) < 4.78 is 71.9. The van der Waals surface area contributed by atoms with Crippen molar-refractivity contribution in [3.63, 3.8) is 0 Å². The van der Waals surface area contributed by atoms with E-state index in [-0.39, 0.29) is 35.7 Å². The fraction of sp³-hybridized carbons (Fsp3) is 0.300. The van der Waals surface area contributed by atoms with Gasteiger partial charge in [-0.2, -0.15) is 31.6 Å². The largest absolute Gasteiger partial charge is 0.490 e. The number of carbonyl (C=O) groups excluding carboxylic acids is 2. The van der Waals surface area contributed by atoms with Crippen LogP contribution in [0.4, 0.5) is 32.2 Å². The Labute approximate surface area is 203 Å². The van der Waals surface area contributed by atoms with E-state index >= 15 is 0 Å². The van der Waals surface area contributed by atoms with Gasteiger partial charge in [0, 0.05) is 17.7 Å². The summed E-state index contributed by atoms with van der Waals surface area (Å²) in [6, 6.07) is 4.88. The lowest BCUT2D eigenvalue weighted by Crippen LogP contribution is -2.52. The molecule has 2 aromatic rings. The fourth-order valence-corrected chi connectivity index (χ4v) is 2.58. The molecular weight excluding hydrogens is 518 g/mol. The van der Waals surface area contributed by atoms with Gasteiger partial charge in [-0.3, -0.25) is 9.59 Å². The highest BCUT2D eigenvalue weighted by molar-refractivity contribution is 5.96. The quantitative estimate of drug-likeness (QED) is 0.268. The molecule has 11 nitrogen and oxygen atoms in total. The van der Waals surface area contributed by atoms with Gasteiger partial charge in [0.1, 0.15) is 0 Å². The molecule has 0 aliphatic carbocycles. The van der Waals surface area contributed by atoms with Gasteiger partial charge in [0.25, 0.3) is 17.4 Å². The van der Waals surface area contributed by atoms with E-state index in [9.17, 15) is 41.0 Å². The third-order valence-corrected chi connectivity index (χ3v) is 4.48. The Morgan fingerprint density at radius 1 is 1.16 bits per heavy atom. The number of nitrogen functional groups attached to an aromatic ring is 1. The third kappa shape index (κ3) is 7.27. The summed E-state index contributed by atoms with van der Waals surface area (Å²) in [4.78, 5) is 40.4. The number of amides is 2. The Hall–Kier alpha value is -4.46. The molecule has 0 bridgehead atoms. The molecule has 1 heterocycles.